The van der Waals surface area contributed by atoms with Gasteiger partial charge in [-0.15, -0.1) is 0 Å². The maximum absolute atomic E-state index is 12.3. The molecule has 1 atom stereocenters. The molecule has 9 heteroatoms. The van der Waals surface area contributed by atoms with Gasteiger partial charge in [-0.25, -0.2) is 14.7 Å². The monoisotopic (exact) mass is 562 g/mol. The van der Waals surface area contributed by atoms with Crippen LogP contribution in [0.5, 0.6) is 0 Å². The number of guanidine groups is 1. The zero-order valence-corrected chi connectivity index (χ0v) is 25.0. The van der Waals surface area contributed by atoms with E-state index in [1.165, 1.54) is 10.5 Å². The van der Waals surface area contributed by atoms with Gasteiger partial charge in [-0.3, -0.25) is 5.41 Å². The topological polar surface area (TPSA) is 121 Å². The van der Waals surface area contributed by atoms with Crippen molar-refractivity contribution < 1.29 is 14.3 Å². The maximum atomic E-state index is 12.3. The molecule has 1 amide bonds. The third kappa shape index (κ3) is 9.03. The van der Waals surface area contributed by atoms with Gasteiger partial charge >= 0.3 is 6.09 Å². The van der Waals surface area contributed by atoms with E-state index in [1.54, 1.807) is 20.8 Å². The van der Waals surface area contributed by atoms with Crippen LogP contribution in [0.25, 0.3) is 11.0 Å². The molecule has 1 aliphatic heterocycles. The smallest absolute Gasteiger partial charge is 0.417 e. The highest BCUT2D eigenvalue weighted by Crippen LogP contribution is 2.30. The van der Waals surface area contributed by atoms with Gasteiger partial charge in [0.15, 0.2) is 5.96 Å². The van der Waals surface area contributed by atoms with Crippen LogP contribution in [0.3, 0.4) is 0 Å². The van der Waals surface area contributed by atoms with E-state index in [9.17, 15) is 4.79 Å². The number of nitrogens with zero attached hydrogens (tertiary/aromatic N) is 3. The first-order valence-electron chi connectivity index (χ1n) is 14.8. The second kappa shape index (κ2) is 14.0. The standard InChI is InChI=1S/C32H46N6O3/c1-32(2,3)41-31(39)38(30(33)34)19-10-6-5-7-12-23-13-11-14-24(22-23)28(40-25-17-20-37(4)21-18-25)29-35-26-15-8-9-16-27(26)36-29/h8-9,11,13-16,22,25,28H,5-7,10,12,17-21H2,1-4H3,(H3,33,34)(H,35,36). The molecule has 3 aromatic rings. The summed E-state index contributed by atoms with van der Waals surface area (Å²) in [7, 11) is 2.16. The van der Waals surface area contributed by atoms with E-state index < -0.39 is 11.7 Å². The largest absolute Gasteiger partial charge is 0.443 e. The Morgan fingerprint density at radius 3 is 2.56 bits per heavy atom. The van der Waals surface area contributed by atoms with Crippen molar-refractivity contribution in [2.75, 3.05) is 26.7 Å². The van der Waals surface area contributed by atoms with Crippen LogP contribution in [-0.2, 0) is 15.9 Å². The van der Waals surface area contributed by atoms with Gasteiger partial charge in [0.2, 0.25) is 0 Å². The van der Waals surface area contributed by atoms with Gasteiger partial charge in [0, 0.05) is 19.6 Å². The molecular formula is C32H46N6O3. The van der Waals surface area contributed by atoms with Crippen LogP contribution in [0.15, 0.2) is 48.5 Å². The number of ether oxygens (including phenoxy) is 2. The van der Waals surface area contributed by atoms with E-state index in [-0.39, 0.29) is 18.2 Å². The number of imidazole rings is 1. The summed E-state index contributed by atoms with van der Waals surface area (Å²) in [5.74, 6) is 0.569. The van der Waals surface area contributed by atoms with Gasteiger partial charge in [0.1, 0.15) is 17.5 Å². The molecule has 0 saturated carbocycles. The fourth-order valence-corrected chi connectivity index (χ4v) is 5.20. The number of carbonyl (C=O) groups is 1. The Morgan fingerprint density at radius 2 is 1.85 bits per heavy atom. The number of piperidine rings is 1. The summed E-state index contributed by atoms with van der Waals surface area (Å²) >= 11 is 0. The van der Waals surface area contributed by atoms with Crippen molar-refractivity contribution in [3.05, 3.63) is 65.5 Å². The van der Waals surface area contributed by atoms with Crippen LogP contribution in [0.1, 0.15) is 82.4 Å². The zero-order valence-electron chi connectivity index (χ0n) is 25.0. The maximum Gasteiger partial charge on any atom is 0.417 e. The fourth-order valence-electron chi connectivity index (χ4n) is 5.20. The van der Waals surface area contributed by atoms with Gasteiger partial charge in [0.05, 0.1) is 17.1 Å². The Balaban J connectivity index is 1.35. The molecule has 222 valence electrons. The van der Waals surface area contributed by atoms with Crippen molar-refractivity contribution in [2.24, 2.45) is 5.73 Å². The lowest BCUT2D eigenvalue weighted by atomic mass is 10.0. The lowest BCUT2D eigenvalue weighted by Crippen LogP contribution is -2.44. The molecule has 1 aliphatic rings. The Morgan fingerprint density at radius 1 is 1.12 bits per heavy atom. The summed E-state index contributed by atoms with van der Waals surface area (Å²) in [5.41, 5.74) is 9.37. The predicted octanol–water partition coefficient (Wildman–Crippen LogP) is 6.00. The minimum Gasteiger partial charge on any atom is -0.443 e. The van der Waals surface area contributed by atoms with Crippen molar-refractivity contribution >= 4 is 23.1 Å². The number of fused-ring (bicyclic) bond motifs is 1. The molecule has 1 fully saturated rings. The van der Waals surface area contributed by atoms with E-state index in [1.807, 2.05) is 18.2 Å². The number of unbranched alkanes of at least 4 members (excludes halogenated alkanes) is 3. The number of amides is 1. The molecule has 1 unspecified atom stereocenters. The van der Waals surface area contributed by atoms with Crippen LogP contribution in [0.4, 0.5) is 4.79 Å². The molecule has 0 radical (unpaired) electrons. The normalized spacial score (nSPS) is 15.6. The fraction of sp³-hybridized carbons (Fsp3) is 0.531. The SMILES string of the molecule is CN1CCC(OC(c2cccc(CCCCCCN(C(=N)N)C(=O)OC(C)(C)C)c2)c2nc3ccccc3[nH]2)CC1. The zero-order chi connectivity index (χ0) is 29.4. The van der Waals surface area contributed by atoms with Gasteiger partial charge in [0.25, 0.3) is 0 Å². The first-order valence-corrected chi connectivity index (χ1v) is 14.8. The molecule has 4 N–H and O–H groups in total. The van der Waals surface area contributed by atoms with Crippen LogP contribution in [0, 0.1) is 5.41 Å². The summed E-state index contributed by atoms with van der Waals surface area (Å²) in [6.45, 7) is 7.88. The molecule has 0 aliphatic carbocycles. The van der Waals surface area contributed by atoms with Gasteiger partial charge < -0.3 is 25.1 Å². The third-order valence-corrected chi connectivity index (χ3v) is 7.41. The molecule has 2 heterocycles. The number of hydrogen-bond acceptors (Lipinski definition) is 6. The number of likely N-dealkylation sites (tertiary alicyclic amines) is 1. The van der Waals surface area contributed by atoms with E-state index in [0.29, 0.717) is 6.54 Å². The molecule has 4 rings (SSSR count). The Kier molecular flexibility index (Phi) is 10.4. The van der Waals surface area contributed by atoms with Crippen molar-refractivity contribution in [1.82, 2.24) is 19.8 Å². The number of aryl methyl sites for hydroxylation is 1. The Bertz CT molecular complexity index is 1260. The molecular weight excluding hydrogens is 516 g/mol. The number of aromatic nitrogens is 2. The van der Waals surface area contributed by atoms with E-state index in [0.717, 1.165) is 80.5 Å². The number of nitrogens with two attached hydrogens (primary N) is 1. The highest BCUT2D eigenvalue weighted by atomic mass is 16.6. The second-order valence-electron chi connectivity index (χ2n) is 12.1. The van der Waals surface area contributed by atoms with E-state index in [2.05, 4.69) is 47.3 Å². The molecule has 1 aromatic heterocycles. The summed E-state index contributed by atoms with van der Waals surface area (Å²) < 4.78 is 12.1. The number of benzene rings is 2. The molecule has 1 saturated heterocycles. The lowest BCUT2D eigenvalue weighted by Gasteiger charge is -2.31. The Labute approximate surface area is 243 Å². The van der Waals surface area contributed by atoms with Gasteiger partial charge in [-0.05, 0) is 83.2 Å². The summed E-state index contributed by atoms with van der Waals surface area (Å²) in [6.07, 6.45) is 6.11. The first kappa shape index (κ1) is 30.5. The average molecular weight is 563 g/mol. The number of H-pyrrole nitrogens is 1. The molecule has 0 spiro atoms. The number of rotatable bonds is 11. The van der Waals surface area contributed by atoms with E-state index >= 15 is 0 Å². The first-order chi connectivity index (χ1) is 19.6. The highest BCUT2D eigenvalue weighted by Gasteiger charge is 2.26. The minimum absolute atomic E-state index is 0.198. The molecule has 41 heavy (non-hydrogen) atoms. The van der Waals surface area contributed by atoms with Crippen molar-refractivity contribution in [2.45, 2.75) is 83.5 Å². The predicted molar refractivity (Wildman–Crippen MR) is 163 cm³/mol. The quantitative estimate of drug-likeness (QED) is 0.150. The molecule has 0 bridgehead atoms. The van der Waals surface area contributed by atoms with Crippen LogP contribution in [-0.4, -0.2) is 70.2 Å². The second-order valence-corrected chi connectivity index (χ2v) is 12.1. The average Bonchev–Trinajstić information content (AvgIpc) is 3.35. The lowest BCUT2D eigenvalue weighted by molar-refractivity contribution is -0.0264. The number of aromatic amines is 1. The van der Waals surface area contributed by atoms with Crippen molar-refractivity contribution in [3.8, 4) is 0 Å². The van der Waals surface area contributed by atoms with Crippen LogP contribution < -0.4 is 5.73 Å². The molecule has 2 aromatic carbocycles. The minimum atomic E-state index is -0.624. The van der Waals surface area contributed by atoms with Gasteiger partial charge in [-0.2, -0.15) is 0 Å². The van der Waals surface area contributed by atoms with Crippen LogP contribution in [0.2, 0.25) is 0 Å². The number of carbonyl (C=O) groups excluding carboxylic acids is 1. The van der Waals surface area contributed by atoms with Crippen LogP contribution >= 0.6 is 0 Å². The van der Waals surface area contributed by atoms with E-state index in [4.69, 9.17) is 25.6 Å². The summed E-state index contributed by atoms with van der Waals surface area (Å²) in [6, 6.07) is 16.8. The van der Waals surface area contributed by atoms with Crippen molar-refractivity contribution in [3.63, 3.8) is 0 Å². The highest BCUT2D eigenvalue weighted by molar-refractivity contribution is 5.91. The Hall–Kier alpha value is -3.43. The third-order valence-electron chi connectivity index (χ3n) is 7.41. The van der Waals surface area contributed by atoms with Gasteiger partial charge in [-0.1, -0.05) is 49.2 Å². The molecule has 9 nitrogen and oxygen atoms in total. The number of nitrogens with one attached hydrogen (secondary N) is 2. The number of para-hydroxylation sites is 2. The summed E-state index contributed by atoms with van der Waals surface area (Å²) in [5, 5.41) is 7.74. The van der Waals surface area contributed by atoms with Crippen molar-refractivity contribution in [1.29, 1.82) is 5.41 Å². The summed E-state index contributed by atoms with van der Waals surface area (Å²) in [4.78, 5) is 24.3. The number of hydrogen-bond donors (Lipinski definition) is 3.